The van der Waals surface area contributed by atoms with Crippen LogP contribution in [0, 0.1) is 5.82 Å². The van der Waals surface area contributed by atoms with Gasteiger partial charge in [-0.15, -0.1) is 0 Å². The maximum atomic E-state index is 13.4. The maximum Gasteiger partial charge on any atom is 0.123 e. The van der Waals surface area contributed by atoms with Gasteiger partial charge in [-0.05, 0) is 92.8 Å². The van der Waals surface area contributed by atoms with E-state index in [9.17, 15) is 9.50 Å². The van der Waals surface area contributed by atoms with E-state index in [-0.39, 0.29) is 12.4 Å². The summed E-state index contributed by atoms with van der Waals surface area (Å²) in [5.74, 6) is 1.45. The minimum Gasteiger partial charge on any atom is -0.497 e. The number of rotatable bonds is 12. The Morgan fingerprint density at radius 3 is 2.49 bits per heavy atom. The van der Waals surface area contributed by atoms with E-state index in [1.807, 2.05) is 42.5 Å². The number of aliphatic hydroxyl groups is 1. The zero-order valence-electron chi connectivity index (χ0n) is 22.0. The lowest BCUT2D eigenvalue weighted by molar-refractivity contribution is 0.0328. The Morgan fingerprint density at radius 1 is 0.973 bits per heavy atom. The van der Waals surface area contributed by atoms with Crippen LogP contribution in [-0.4, -0.2) is 67.5 Å². The number of piperidine rings is 1. The molecule has 0 radical (unpaired) electrons. The summed E-state index contributed by atoms with van der Waals surface area (Å²) in [6.07, 6.45) is 3.19. The van der Waals surface area contributed by atoms with Crippen molar-refractivity contribution in [3.8, 4) is 11.5 Å². The zero-order valence-corrected chi connectivity index (χ0v) is 22.0. The van der Waals surface area contributed by atoms with Crippen LogP contribution < -0.4 is 9.47 Å². The predicted molar refractivity (Wildman–Crippen MR) is 146 cm³/mol. The van der Waals surface area contributed by atoms with Gasteiger partial charge in [0, 0.05) is 19.1 Å². The third-order valence-corrected chi connectivity index (χ3v) is 7.17. The summed E-state index contributed by atoms with van der Waals surface area (Å²) in [6.45, 7) is 3.50. The molecule has 0 aromatic heterocycles. The number of aryl methyl sites for hydroxylation is 2. The molecular weight excluding hydrogens is 467 g/mol. The first-order valence-corrected chi connectivity index (χ1v) is 13.2. The quantitative estimate of drug-likeness (QED) is 0.376. The highest BCUT2D eigenvalue weighted by molar-refractivity contribution is 5.35. The van der Waals surface area contributed by atoms with Gasteiger partial charge in [-0.3, -0.25) is 4.90 Å². The van der Waals surface area contributed by atoms with E-state index in [2.05, 4.69) is 35.0 Å². The van der Waals surface area contributed by atoms with E-state index in [0.717, 1.165) is 61.4 Å². The Morgan fingerprint density at radius 2 is 1.73 bits per heavy atom. The predicted octanol–water partition coefficient (Wildman–Crippen LogP) is 4.96. The molecule has 37 heavy (non-hydrogen) atoms. The fourth-order valence-electron chi connectivity index (χ4n) is 4.99. The Kier molecular flexibility index (Phi) is 9.94. The molecule has 5 nitrogen and oxygen atoms in total. The van der Waals surface area contributed by atoms with Crippen LogP contribution in [-0.2, 0) is 19.4 Å². The highest BCUT2D eigenvalue weighted by Gasteiger charge is 2.25. The first kappa shape index (κ1) is 27.1. The minimum atomic E-state index is -0.633. The SMILES string of the molecule is COc1cccc(CCc2ccccc2OCC(O)CN(Cc2ccc(F)cc2)C2CCN(C)CC2)c1. The number of ether oxygens (including phenoxy) is 2. The lowest BCUT2D eigenvalue weighted by Crippen LogP contribution is -2.47. The minimum absolute atomic E-state index is 0.225. The summed E-state index contributed by atoms with van der Waals surface area (Å²) in [4.78, 5) is 4.68. The van der Waals surface area contributed by atoms with Gasteiger partial charge >= 0.3 is 0 Å². The van der Waals surface area contributed by atoms with Crippen LogP contribution >= 0.6 is 0 Å². The molecule has 3 aromatic carbocycles. The van der Waals surface area contributed by atoms with E-state index in [1.165, 1.54) is 17.7 Å². The molecule has 0 bridgehead atoms. The first-order valence-electron chi connectivity index (χ1n) is 13.2. The van der Waals surface area contributed by atoms with Crippen molar-refractivity contribution in [3.05, 3.63) is 95.3 Å². The van der Waals surface area contributed by atoms with Gasteiger partial charge in [0.1, 0.15) is 30.0 Å². The molecule has 0 amide bonds. The van der Waals surface area contributed by atoms with Gasteiger partial charge in [-0.2, -0.15) is 0 Å². The van der Waals surface area contributed by atoms with Crippen molar-refractivity contribution in [1.82, 2.24) is 9.80 Å². The van der Waals surface area contributed by atoms with E-state index in [0.29, 0.717) is 19.1 Å². The van der Waals surface area contributed by atoms with Crippen LogP contribution in [0.25, 0.3) is 0 Å². The Labute approximate surface area is 220 Å². The van der Waals surface area contributed by atoms with E-state index in [1.54, 1.807) is 7.11 Å². The number of likely N-dealkylation sites (tertiary alicyclic amines) is 1. The van der Waals surface area contributed by atoms with Crippen molar-refractivity contribution >= 4 is 0 Å². The van der Waals surface area contributed by atoms with Crippen molar-refractivity contribution in [2.75, 3.05) is 40.4 Å². The van der Waals surface area contributed by atoms with Gasteiger partial charge in [0.2, 0.25) is 0 Å². The largest absolute Gasteiger partial charge is 0.497 e. The number of hydrogen-bond acceptors (Lipinski definition) is 5. The van der Waals surface area contributed by atoms with Crippen molar-refractivity contribution < 1.29 is 19.0 Å². The second kappa shape index (κ2) is 13.6. The van der Waals surface area contributed by atoms with Crippen LogP contribution in [0.15, 0.2) is 72.8 Å². The number of hydrogen-bond donors (Lipinski definition) is 1. The average Bonchev–Trinajstić information content (AvgIpc) is 2.92. The summed E-state index contributed by atoms with van der Waals surface area (Å²) in [6, 6.07) is 23.2. The molecule has 6 heteroatoms. The maximum absolute atomic E-state index is 13.4. The highest BCUT2D eigenvalue weighted by atomic mass is 19.1. The van der Waals surface area contributed by atoms with Gasteiger partial charge in [-0.1, -0.05) is 42.5 Å². The topological polar surface area (TPSA) is 45.2 Å². The number of para-hydroxylation sites is 1. The lowest BCUT2D eigenvalue weighted by atomic mass is 10.0. The second-order valence-electron chi connectivity index (χ2n) is 10.0. The molecule has 4 rings (SSSR count). The molecule has 0 spiro atoms. The normalized spacial score (nSPS) is 15.6. The summed E-state index contributed by atoms with van der Waals surface area (Å²) in [7, 11) is 3.83. The van der Waals surface area contributed by atoms with Gasteiger partial charge in [0.15, 0.2) is 0 Å². The molecule has 1 aliphatic heterocycles. The van der Waals surface area contributed by atoms with Crippen LogP contribution in [0.2, 0.25) is 0 Å². The Hall–Kier alpha value is -2.93. The van der Waals surface area contributed by atoms with Crippen molar-refractivity contribution in [3.63, 3.8) is 0 Å². The van der Waals surface area contributed by atoms with Gasteiger partial charge in [0.25, 0.3) is 0 Å². The van der Waals surface area contributed by atoms with Crippen LogP contribution in [0.3, 0.4) is 0 Å². The van der Waals surface area contributed by atoms with Crippen LogP contribution in [0.1, 0.15) is 29.5 Å². The Balaban J connectivity index is 1.36. The van der Waals surface area contributed by atoms with Crippen molar-refractivity contribution in [2.24, 2.45) is 0 Å². The van der Waals surface area contributed by atoms with E-state index in [4.69, 9.17) is 9.47 Å². The summed E-state index contributed by atoms with van der Waals surface area (Å²) < 4.78 is 24.9. The highest BCUT2D eigenvalue weighted by Crippen LogP contribution is 2.23. The molecule has 1 unspecified atom stereocenters. The molecule has 1 atom stereocenters. The van der Waals surface area contributed by atoms with E-state index < -0.39 is 6.10 Å². The first-order chi connectivity index (χ1) is 18.0. The van der Waals surface area contributed by atoms with E-state index >= 15 is 0 Å². The molecule has 198 valence electrons. The molecule has 1 N–H and O–H groups in total. The lowest BCUT2D eigenvalue weighted by Gasteiger charge is -2.38. The zero-order chi connectivity index (χ0) is 26.0. The fraction of sp³-hybridized carbons (Fsp3) is 0.419. The number of methoxy groups -OCH3 is 1. The molecular formula is C31H39FN2O3. The van der Waals surface area contributed by atoms with Gasteiger partial charge < -0.3 is 19.5 Å². The standard InChI is InChI=1S/C31H39FN2O3/c1-33-18-16-28(17-19-33)34(21-25-11-14-27(32)15-12-25)22-29(35)23-37-31-9-4-3-7-26(31)13-10-24-6-5-8-30(20-24)36-2/h3-9,11-12,14-15,20,28-29,35H,10,13,16-19,21-23H2,1-2H3. The number of halogens is 1. The molecule has 1 saturated heterocycles. The molecule has 0 saturated carbocycles. The summed E-state index contributed by atoms with van der Waals surface area (Å²) >= 11 is 0. The smallest absolute Gasteiger partial charge is 0.123 e. The third kappa shape index (κ3) is 8.29. The van der Waals surface area contributed by atoms with Crippen molar-refractivity contribution in [1.29, 1.82) is 0 Å². The molecule has 1 heterocycles. The molecule has 1 fully saturated rings. The molecule has 1 aliphatic rings. The van der Waals surface area contributed by atoms with Crippen LogP contribution in [0.5, 0.6) is 11.5 Å². The molecule has 3 aromatic rings. The average molecular weight is 507 g/mol. The van der Waals surface area contributed by atoms with Crippen molar-refractivity contribution in [2.45, 2.75) is 44.4 Å². The van der Waals surface area contributed by atoms with Gasteiger partial charge in [0.05, 0.1) is 7.11 Å². The van der Waals surface area contributed by atoms with Gasteiger partial charge in [-0.25, -0.2) is 4.39 Å². The second-order valence-corrected chi connectivity index (χ2v) is 10.0. The number of aliphatic hydroxyl groups excluding tert-OH is 1. The summed E-state index contributed by atoms with van der Waals surface area (Å²) in [5.41, 5.74) is 3.39. The molecule has 0 aliphatic carbocycles. The third-order valence-electron chi connectivity index (χ3n) is 7.17. The number of nitrogens with zero attached hydrogens (tertiary/aromatic N) is 2. The number of benzene rings is 3. The monoisotopic (exact) mass is 506 g/mol. The fourth-order valence-corrected chi connectivity index (χ4v) is 4.99. The Bertz CT molecular complexity index is 1100. The van der Waals surface area contributed by atoms with Crippen LogP contribution in [0.4, 0.5) is 4.39 Å². The summed E-state index contributed by atoms with van der Waals surface area (Å²) in [5, 5.41) is 11.0.